The van der Waals surface area contributed by atoms with Gasteiger partial charge in [0.1, 0.15) is 18.1 Å². The van der Waals surface area contributed by atoms with Crippen LogP contribution in [0, 0.1) is 6.92 Å². The van der Waals surface area contributed by atoms with Gasteiger partial charge in [-0.1, -0.05) is 72.3 Å². The Hall–Kier alpha value is -3.59. The maximum atomic E-state index is 12.3. The summed E-state index contributed by atoms with van der Waals surface area (Å²) in [6.07, 6.45) is 3.60. The van der Waals surface area contributed by atoms with Crippen LogP contribution in [0.3, 0.4) is 0 Å². The number of hydrogen-bond donors (Lipinski definition) is 0. The fraction of sp³-hybridized carbons (Fsp3) is 0.0800. The first kappa shape index (κ1) is 17.8. The highest BCUT2D eigenvalue weighted by Crippen LogP contribution is 2.28. The van der Waals surface area contributed by atoms with Crippen LogP contribution in [0.4, 0.5) is 0 Å². The van der Waals surface area contributed by atoms with E-state index in [1.165, 1.54) is 0 Å². The smallest absolute Gasteiger partial charge is 0.343 e. The molecule has 0 radical (unpaired) electrons. The summed E-state index contributed by atoms with van der Waals surface area (Å²) in [6, 6.07) is 25.6. The minimum atomic E-state index is -0.341. The zero-order chi connectivity index (χ0) is 19.3. The van der Waals surface area contributed by atoms with Gasteiger partial charge in [0.05, 0.1) is 5.57 Å². The first-order chi connectivity index (χ1) is 13.7. The molecule has 1 heterocycles. The van der Waals surface area contributed by atoms with E-state index in [2.05, 4.69) is 0 Å². The van der Waals surface area contributed by atoms with Gasteiger partial charge in [-0.3, -0.25) is 0 Å². The lowest BCUT2D eigenvalue weighted by molar-refractivity contribution is -0.130. The molecule has 0 spiro atoms. The molecule has 4 rings (SSSR count). The zero-order valence-electron chi connectivity index (χ0n) is 15.6. The maximum absolute atomic E-state index is 12.3. The highest BCUT2D eigenvalue weighted by Gasteiger charge is 2.21. The number of aryl methyl sites for hydroxylation is 1. The summed E-state index contributed by atoms with van der Waals surface area (Å²) in [5, 5.41) is 0. The van der Waals surface area contributed by atoms with Gasteiger partial charge >= 0.3 is 5.97 Å². The van der Waals surface area contributed by atoms with E-state index < -0.39 is 0 Å². The van der Waals surface area contributed by atoms with Crippen molar-refractivity contribution in [2.24, 2.45) is 0 Å². The highest BCUT2D eigenvalue weighted by atomic mass is 16.5. The third-order valence-electron chi connectivity index (χ3n) is 4.49. The monoisotopic (exact) mass is 368 g/mol. The fourth-order valence-electron chi connectivity index (χ4n) is 2.96. The normalized spacial score (nSPS) is 14.7. The largest absolute Gasteiger partial charge is 0.489 e. The molecule has 0 bridgehead atoms. The van der Waals surface area contributed by atoms with Gasteiger partial charge in [-0.05, 0) is 42.3 Å². The summed E-state index contributed by atoms with van der Waals surface area (Å²) >= 11 is 0. The quantitative estimate of drug-likeness (QED) is 0.437. The molecule has 0 fully saturated rings. The summed E-state index contributed by atoms with van der Waals surface area (Å²) in [5.41, 5.74) is 4.57. The van der Waals surface area contributed by atoms with Gasteiger partial charge in [0.2, 0.25) is 0 Å². The van der Waals surface area contributed by atoms with E-state index >= 15 is 0 Å². The predicted octanol–water partition coefficient (Wildman–Crippen LogP) is 5.56. The molecule has 0 unspecified atom stereocenters. The Morgan fingerprint density at radius 1 is 0.929 bits per heavy atom. The Bertz CT molecular complexity index is 1040. The van der Waals surface area contributed by atoms with Crippen LogP contribution in [0.25, 0.3) is 11.8 Å². The molecular weight excluding hydrogens is 348 g/mol. The minimum absolute atomic E-state index is 0.341. The summed E-state index contributed by atoms with van der Waals surface area (Å²) < 4.78 is 11.3. The first-order valence-corrected chi connectivity index (χ1v) is 9.17. The number of hydrogen-bond acceptors (Lipinski definition) is 3. The average Bonchev–Trinajstić information content (AvgIpc) is 3.08. The molecule has 3 aromatic carbocycles. The Balaban J connectivity index is 1.51. The van der Waals surface area contributed by atoms with Crippen molar-refractivity contribution < 1.29 is 14.3 Å². The molecule has 0 aromatic heterocycles. The molecule has 0 atom stereocenters. The van der Waals surface area contributed by atoms with E-state index in [9.17, 15) is 4.79 Å². The lowest BCUT2D eigenvalue weighted by atomic mass is 10.1. The topological polar surface area (TPSA) is 35.5 Å². The highest BCUT2D eigenvalue weighted by molar-refractivity contribution is 6.05. The van der Waals surface area contributed by atoms with Gasteiger partial charge in [-0.15, -0.1) is 0 Å². The summed E-state index contributed by atoms with van der Waals surface area (Å²) in [6.45, 7) is 2.53. The first-order valence-electron chi connectivity index (χ1n) is 9.17. The van der Waals surface area contributed by atoms with Gasteiger partial charge in [0.25, 0.3) is 0 Å². The molecule has 0 aliphatic carbocycles. The number of rotatable bonds is 5. The van der Waals surface area contributed by atoms with Crippen LogP contribution in [0.15, 0.2) is 90.5 Å². The van der Waals surface area contributed by atoms with Crippen molar-refractivity contribution in [3.05, 3.63) is 113 Å². The number of carbonyl (C=O) groups excluding carboxylic acids is 1. The van der Waals surface area contributed by atoms with Crippen LogP contribution in [0.2, 0.25) is 0 Å². The summed E-state index contributed by atoms with van der Waals surface area (Å²) in [4.78, 5) is 12.3. The van der Waals surface area contributed by atoms with Crippen molar-refractivity contribution in [1.29, 1.82) is 0 Å². The molecule has 3 heteroatoms. The predicted molar refractivity (Wildman–Crippen MR) is 110 cm³/mol. The van der Waals surface area contributed by atoms with E-state index in [-0.39, 0.29) is 5.97 Å². The number of carbonyl (C=O) groups is 1. The van der Waals surface area contributed by atoms with E-state index in [0.29, 0.717) is 17.9 Å². The number of cyclic esters (lactones) is 1. The van der Waals surface area contributed by atoms with Crippen molar-refractivity contribution in [3.63, 3.8) is 0 Å². The third-order valence-corrected chi connectivity index (χ3v) is 4.49. The average molecular weight is 368 g/mol. The second kappa shape index (κ2) is 7.97. The van der Waals surface area contributed by atoms with Gasteiger partial charge in [-0.25, -0.2) is 4.79 Å². The molecular formula is C25H20O3. The molecule has 0 N–H and O–H groups in total. The molecule has 3 nitrogen and oxygen atoms in total. The Morgan fingerprint density at radius 2 is 1.71 bits per heavy atom. The molecule has 0 saturated heterocycles. The van der Waals surface area contributed by atoms with Gasteiger partial charge < -0.3 is 9.47 Å². The van der Waals surface area contributed by atoms with Crippen LogP contribution < -0.4 is 4.74 Å². The van der Waals surface area contributed by atoms with E-state index in [1.807, 2.05) is 91.9 Å². The number of esters is 1. The van der Waals surface area contributed by atoms with Crippen molar-refractivity contribution in [2.45, 2.75) is 13.5 Å². The van der Waals surface area contributed by atoms with Crippen molar-refractivity contribution in [2.75, 3.05) is 0 Å². The molecule has 1 aliphatic heterocycles. The maximum Gasteiger partial charge on any atom is 0.343 e. The molecule has 28 heavy (non-hydrogen) atoms. The zero-order valence-corrected chi connectivity index (χ0v) is 15.6. The van der Waals surface area contributed by atoms with E-state index in [0.717, 1.165) is 28.0 Å². The van der Waals surface area contributed by atoms with E-state index in [4.69, 9.17) is 9.47 Å². The fourth-order valence-corrected chi connectivity index (χ4v) is 2.96. The van der Waals surface area contributed by atoms with Crippen molar-refractivity contribution in [3.8, 4) is 5.75 Å². The van der Waals surface area contributed by atoms with Crippen LogP contribution in [0.5, 0.6) is 5.75 Å². The Morgan fingerprint density at radius 3 is 2.50 bits per heavy atom. The Kier molecular flexibility index (Phi) is 5.07. The minimum Gasteiger partial charge on any atom is -0.489 e. The third kappa shape index (κ3) is 4.21. The van der Waals surface area contributed by atoms with Gasteiger partial charge in [0, 0.05) is 5.56 Å². The number of benzene rings is 3. The molecule has 0 amide bonds. The SMILES string of the molecule is Cc1ccc(C2=C/C(=C\c3cccc(OCc4ccccc4)c3)C(=O)O2)cc1. The summed E-state index contributed by atoms with van der Waals surface area (Å²) in [7, 11) is 0. The standard InChI is InChI=1S/C25H20O3/c1-18-10-12-21(13-11-18)24-16-22(25(26)28-24)14-20-8-5-9-23(15-20)27-17-19-6-3-2-4-7-19/h2-16H,17H2,1H3/b22-14+. The van der Waals surface area contributed by atoms with Gasteiger partial charge in [-0.2, -0.15) is 0 Å². The van der Waals surface area contributed by atoms with Crippen molar-refractivity contribution in [1.82, 2.24) is 0 Å². The van der Waals surface area contributed by atoms with Crippen LogP contribution in [-0.2, 0) is 16.1 Å². The van der Waals surface area contributed by atoms with E-state index in [1.54, 1.807) is 6.08 Å². The second-order valence-corrected chi connectivity index (χ2v) is 6.71. The van der Waals surface area contributed by atoms with Crippen LogP contribution >= 0.6 is 0 Å². The summed E-state index contributed by atoms with van der Waals surface area (Å²) in [5.74, 6) is 0.992. The molecule has 3 aromatic rings. The lowest BCUT2D eigenvalue weighted by Gasteiger charge is -2.07. The molecule has 0 saturated carbocycles. The van der Waals surface area contributed by atoms with Crippen LogP contribution in [0.1, 0.15) is 22.3 Å². The van der Waals surface area contributed by atoms with Gasteiger partial charge in [0.15, 0.2) is 0 Å². The molecule has 138 valence electrons. The second-order valence-electron chi connectivity index (χ2n) is 6.71. The lowest BCUT2D eigenvalue weighted by Crippen LogP contribution is -1.97. The van der Waals surface area contributed by atoms with Crippen LogP contribution in [-0.4, -0.2) is 5.97 Å². The number of ether oxygens (including phenoxy) is 2. The molecule has 1 aliphatic rings. The van der Waals surface area contributed by atoms with Crippen molar-refractivity contribution >= 4 is 17.8 Å². The Labute approximate surface area is 164 Å².